The highest BCUT2D eigenvalue weighted by atomic mass is 15.3. The minimum absolute atomic E-state index is 0.0265. The van der Waals surface area contributed by atoms with E-state index in [1.807, 2.05) is 7.05 Å². The molecule has 2 rings (SSSR count). The topological polar surface area (TPSA) is 81.9 Å². The molecule has 0 aliphatic rings. The quantitative estimate of drug-likeness (QED) is 0.555. The van der Waals surface area contributed by atoms with Gasteiger partial charge in [-0.25, -0.2) is 0 Å². The second kappa shape index (κ2) is 5.20. The molecule has 0 aliphatic carbocycles. The molecule has 18 heavy (non-hydrogen) atoms. The molecule has 1 aromatic carbocycles. The van der Waals surface area contributed by atoms with Crippen molar-refractivity contribution in [3.63, 3.8) is 0 Å². The van der Waals surface area contributed by atoms with Crippen molar-refractivity contribution in [2.45, 2.75) is 19.4 Å². The zero-order valence-corrected chi connectivity index (χ0v) is 10.7. The van der Waals surface area contributed by atoms with E-state index in [-0.39, 0.29) is 6.04 Å². The van der Waals surface area contributed by atoms with Gasteiger partial charge < -0.3 is 5.73 Å². The minimum Gasteiger partial charge on any atom is -0.384 e. The number of nitrogens with two attached hydrogens (primary N) is 2. The molecule has 0 spiro atoms. The first-order valence-corrected chi connectivity index (χ1v) is 5.91. The van der Waals surface area contributed by atoms with Gasteiger partial charge in [0.05, 0.1) is 12.2 Å². The van der Waals surface area contributed by atoms with Crippen LogP contribution in [0.1, 0.15) is 22.7 Å². The van der Waals surface area contributed by atoms with Crippen LogP contribution in [0, 0.1) is 6.92 Å². The molecule has 2 aromatic rings. The largest absolute Gasteiger partial charge is 0.384 e. The molecular weight excluding hydrogens is 226 g/mol. The van der Waals surface area contributed by atoms with Crippen molar-refractivity contribution in [3.8, 4) is 0 Å². The number of benzene rings is 1. The Morgan fingerprint density at radius 1 is 1.33 bits per heavy atom. The van der Waals surface area contributed by atoms with Crippen molar-refractivity contribution < 1.29 is 0 Å². The van der Waals surface area contributed by atoms with Crippen LogP contribution in [-0.2, 0) is 13.5 Å². The number of aryl methyl sites for hydroxylation is 2. The van der Waals surface area contributed by atoms with Gasteiger partial charge in [0.1, 0.15) is 5.82 Å². The van der Waals surface area contributed by atoms with Crippen LogP contribution in [0.5, 0.6) is 0 Å². The molecule has 5 nitrogen and oxygen atoms in total. The highest BCUT2D eigenvalue weighted by Crippen LogP contribution is 2.22. The summed E-state index contributed by atoms with van der Waals surface area (Å²) in [5, 5.41) is 4.14. The van der Waals surface area contributed by atoms with E-state index in [0.717, 1.165) is 12.0 Å². The zero-order chi connectivity index (χ0) is 13.1. The Kier molecular flexibility index (Phi) is 3.64. The molecule has 5 N–H and O–H groups in total. The van der Waals surface area contributed by atoms with Crippen molar-refractivity contribution >= 4 is 5.82 Å². The summed E-state index contributed by atoms with van der Waals surface area (Å²) < 4.78 is 1.65. The maximum atomic E-state index is 5.96. The molecule has 0 amide bonds. The minimum atomic E-state index is -0.0265. The fourth-order valence-electron chi connectivity index (χ4n) is 1.95. The van der Waals surface area contributed by atoms with Gasteiger partial charge in [-0.05, 0) is 18.9 Å². The number of hydrogen-bond donors (Lipinski definition) is 3. The van der Waals surface area contributed by atoms with E-state index in [4.69, 9.17) is 11.6 Å². The second-order valence-electron chi connectivity index (χ2n) is 4.52. The van der Waals surface area contributed by atoms with Crippen LogP contribution in [0.4, 0.5) is 5.82 Å². The smallest absolute Gasteiger partial charge is 0.126 e. The molecule has 0 saturated heterocycles. The molecule has 1 atom stereocenters. The van der Waals surface area contributed by atoms with Gasteiger partial charge in [-0.3, -0.25) is 16.0 Å². The molecule has 5 heteroatoms. The van der Waals surface area contributed by atoms with Gasteiger partial charge in [-0.15, -0.1) is 0 Å². The summed E-state index contributed by atoms with van der Waals surface area (Å²) in [4.78, 5) is 0. The molecule has 0 bridgehead atoms. The van der Waals surface area contributed by atoms with E-state index in [9.17, 15) is 0 Å². The van der Waals surface area contributed by atoms with Crippen molar-refractivity contribution in [1.29, 1.82) is 0 Å². The first-order valence-electron chi connectivity index (χ1n) is 5.91. The van der Waals surface area contributed by atoms with Crippen LogP contribution in [0.3, 0.4) is 0 Å². The summed E-state index contributed by atoms with van der Waals surface area (Å²) in [5.74, 6) is 6.26. The Morgan fingerprint density at radius 3 is 2.50 bits per heavy atom. The van der Waals surface area contributed by atoms with Gasteiger partial charge in [-0.1, -0.05) is 29.8 Å². The first-order chi connectivity index (χ1) is 8.61. The standard InChI is InChI=1S/C13H19N5/c1-9-3-5-10(6-4-9)7-12(17-15)11-8-16-18(2)13(11)14/h3-6,8,12,17H,7,14-15H2,1-2H3. The zero-order valence-electron chi connectivity index (χ0n) is 10.7. The van der Waals surface area contributed by atoms with Gasteiger partial charge in [0.25, 0.3) is 0 Å². The van der Waals surface area contributed by atoms with Crippen LogP contribution in [-0.4, -0.2) is 9.78 Å². The van der Waals surface area contributed by atoms with E-state index >= 15 is 0 Å². The monoisotopic (exact) mass is 245 g/mol. The predicted octanol–water partition coefficient (Wildman–Crippen LogP) is 1.06. The molecule has 1 unspecified atom stereocenters. The average molecular weight is 245 g/mol. The second-order valence-corrected chi connectivity index (χ2v) is 4.52. The normalized spacial score (nSPS) is 12.6. The molecular formula is C13H19N5. The number of nitrogens with zero attached hydrogens (tertiary/aromatic N) is 2. The van der Waals surface area contributed by atoms with Crippen molar-refractivity contribution in [3.05, 3.63) is 47.2 Å². The van der Waals surface area contributed by atoms with Crippen LogP contribution in [0.2, 0.25) is 0 Å². The summed E-state index contributed by atoms with van der Waals surface area (Å²) in [7, 11) is 1.82. The van der Waals surface area contributed by atoms with Gasteiger partial charge in [0.2, 0.25) is 0 Å². The molecule has 96 valence electrons. The van der Waals surface area contributed by atoms with E-state index in [0.29, 0.717) is 5.82 Å². The van der Waals surface area contributed by atoms with Gasteiger partial charge >= 0.3 is 0 Å². The molecule has 0 saturated carbocycles. The van der Waals surface area contributed by atoms with Gasteiger partial charge in [0.15, 0.2) is 0 Å². The molecule has 0 fully saturated rings. The van der Waals surface area contributed by atoms with Gasteiger partial charge in [-0.2, -0.15) is 5.10 Å². The number of nitrogen functional groups attached to an aromatic ring is 1. The Morgan fingerprint density at radius 2 is 2.00 bits per heavy atom. The SMILES string of the molecule is Cc1ccc(CC(NN)c2cnn(C)c2N)cc1. The van der Waals surface area contributed by atoms with E-state index < -0.39 is 0 Å². The van der Waals surface area contributed by atoms with Crippen molar-refractivity contribution in [1.82, 2.24) is 15.2 Å². The van der Waals surface area contributed by atoms with Crippen LogP contribution >= 0.6 is 0 Å². The molecule has 1 heterocycles. The molecule has 0 radical (unpaired) electrons. The molecule has 1 aromatic heterocycles. The number of anilines is 1. The third-order valence-corrected chi connectivity index (χ3v) is 3.15. The number of rotatable bonds is 4. The Balaban J connectivity index is 2.19. The number of nitrogens with one attached hydrogen (secondary N) is 1. The van der Waals surface area contributed by atoms with Gasteiger partial charge in [0, 0.05) is 12.6 Å². The van der Waals surface area contributed by atoms with Crippen molar-refractivity contribution in [2.24, 2.45) is 12.9 Å². The van der Waals surface area contributed by atoms with Crippen LogP contribution in [0.15, 0.2) is 30.5 Å². The van der Waals surface area contributed by atoms with Crippen LogP contribution in [0.25, 0.3) is 0 Å². The summed E-state index contributed by atoms with van der Waals surface area (Å²) in [5.41, 5.74) is 12.2. The van der Waals surface area contributed by atoms with Crippen molar-refractivity contribution in [2.75, 3.05) is 5.73 Å². The number of aromatic nitrogens is 2. The lowest BCUT2D eigenvalue weighted by molar-refractivity contribution is 0.553. The Bertz CT molecular complexity index is 515. The summed E-state index contributed by atoms with van der Waals surface area (Å²) in [6, 6.07) is 8.37. The maximum Gasteiger partial charge on any atom is 0.126 e. The highest BCUT2D eigenvalue weighted by molar-refractivity contribution is 5.41. The lowest BCUT2D eigenvalue weighted by atomic mass is 10.0. The summed E-state index contributed by atoms with van der Waals surface area (Å²) >= 11 is 0. The third-order valence-electron chi connectivity index (χ3n) is 3.15. The Labute approximate surface area is 107 Å². The molecule has 0 aliphatic heterocycles. The number of hydrogen-bond acceptors (Lipinski definition) is 4. The van der Waals surface area contributed by atoms with E-state index in [2.05, 4.69) is 41.7 Å². The fourth-order valence-corrected chi connectivity index (χ4v) is 1.95. The number of hydrazine groups is 1. The maximum absolute atomic E-state index is 5.96. The van der Waals surface area contributed by atoms with Crippen LogP contribution < -0.4 is 17.0 Å². The third kappa shape index (κ3) is 2.52. The fraction of sp³-hybridized carbons (Fsp3) is 0.308. The van der Waals surface area contributed by atoms with E-state index in [1.54, 1.807) is 10.9 Å². The average Bonchev–Trinajstić information content (AvgIpc) is 2.70. The summed E-state index contributed by atoms with van der Waals surface area (Å²) in [6.45, 7) is 2.07. The summed E-state index contributed by atoms with van der Waals surface area (Å²) in [6.07, 6.45) is 2.54. The predicted molar refractivity (Wildman–Crippen MR) is 72.6 cm³/mol. The van der Waals surface area contributed by atoms with E-state index in [1.165, 1.54) is 11.1 Å². The lowest BCUT2D eigenvalue weighted by Gasteiger charge is -2.15. The first kappa shape index (κ1) is 12.6. The lowest BCUT2D eigenvalue weighted by Crippen LogP contribution is -2.30. The Hall–Kier alpha value is -1.85. The highest BCUT2D eigenvalue weighted by Gasteiger charge is 2.16.